The van der Waals surface area contributed by atoms with Crippen molar-refractivity contribution in [2.75, 3.05) is 11.9 Å². The zero-order valence-electron chi connectivity index (χ0n) is 9.74. The third-order valence-corrected chi connectivity index (χ3v) is 1.67. The highest BCUT2D eigenvalue weighted by atomic mass is 16.5. The predicted octanol–water partition coefficient (Wildman–Crippen LogP) is 1.65. The largest absolute Gasteiger partial charge is 0.464 e. The number of nitrogens with one attached hydrogen (secondary N) is 1. The average molecular weight is 210 g/mol. The Labute approximate surface area is 90.3 Å². The highest BCUT2D eigenvalue weighted by Crippen LogP contribution is 2.09. The number of nitrogens with zero attached hydrogens (tertiary/aromatic N) is 3. The van der Waals surface area contributed by atoms with Crippen LogP contribution in [0, 0.1) is 0 Å². The minimum absolute atomic E-state index is 0.298. The number of aromatic nitrogens is 3. The van der Waals surface area contributed by atoms with Gasteiger partial charge in [-0.2, -0.15) is 15.0 Å². The summed E-state index contributed by atoms with van der Waals surface area (Å²) in [6.45, 7) is 8.55. The van der Waals surface area contributed by atoms with Gasteiger partial charge in [-0.25, -0.2) is 0 Å². The van der Waals surface area contributed by atoms with Crippen LogP contribution in [0.25, 0.3) is 0 Å². The van der Waals surface area contributed by atoms with Crippen molar-refractivity contribution in [3.8, 4) is 6.01 Å². The van der Waals surface area contributed by atoms with Gasteiger partial charge in [0.15, 0.2) is 0 Å². The normalized spacial score (nSPS) is 10.5. The molecule has 0 saturated carbocycles. The molecule has 5 heteroatoms. The maximum absolute atomic E-state index is 5.27. The molecule has 84 valence electrons. The van der Waals surface area contributed by atoms with Crippen LogP contribution >= 0.6 is 0 Å². The quantitative estimate of drug-likeness (QED) is 0.800. The molecular weight excluding hydrogens is 192 g/mol. The van der Waals surface area contributed by atoms with Gasteiger partial charge in [-0.3, -0.25) is 0 Å². The summed E-state index contributed by atoms with van der Waals surface area (Å²) in [7, 11) is 0. The number of hydrogen-bond donors (Lipinski definition) is 1. The molecule has 1 aromatic rings. The van der Waals surface area contributed by atoms with Crippen LogP contribution in [0.5, 0.6) is 6.01 Å². The molecule has 0 fully saturated rings. The van der Waals surface area contributed by atoms with Crippen LogP contribution in [-0.4, -0.2) is 27.6 Å². The molecule has 0 amide bonds. The highest BCUT2D eigenvalue weighted by molar-refractivity contribution is 5.26. The number of anilines is 1. The van der Waals surface area contributed by atoms with Crippen LogP contribution in [0.1, 0.15) is 33.5 Å². The molecule has 0 unspecified atom stereocenters. The van der Waals surface area contributed by atoms with E-state index in [1.165, 1.54) is 0 Å². The standard InChI is InChI=1S/C10H18N4O/c1-5-8-12-9(11-7(3)4)14-10(13-8)15-6-2/h7H,5-6H2,1-4H3,(H,11,12,13,14). The first-order valence-electron chi connectivity index (χ1n) is 5.30. The van der Waals surface area contributed by atoms with Crippen molar-refractivity contribution >= 4 is 5.95 Å². The van der Waals surface area contributed by atoms with Gasteiger partial charge in [-0.05, 0) is 20.8 Å². The molecule has 1 rings (SSSR count). The van der Waals surface area contributed by atoms with E-state index in [-0.39, 0.29) is 0 Å². The minimum atomic E-state index is 0.298. The van der Waals surface area contributed by atoms with Gasteiger partial charge in [-0.15, -0.1) is 0 Å². The molecule has 0 aromatic carbocycles. The second-order valence-electron chi connectivity index (χ2n) is 3.44. The Hall–Kier alpha value is -1.39. The maximum Gasteiger partial charge on any atom is 0.321 e. The van der Waals surface area contributed by atoms with Crippen LogP contribution in [0.4, 0.5) is 5.95 Å². The van der Waals surface area contributed by atoms with Crippen LogP contribution < -0.4 is 10.1 Å². The third kappa shape index (κ3) is 3.69. The van der Waals surface area contributed by atoms with Gasteiger partial charge in [0.1, 0.15) is 5.82 Å². The van der Waals surface area contributed by atoms with Crippen molar-refractivity contribution < 1.29 is 4.74 Å². The molecular formula is C10H18N4O. The lowest BCUT2D eigenvalue weighted by molar-refractivity contribution is 0.310. The fraction of sp³-hybridized carbons (Fsp3) is 0.700. The fourth-order valence-corrected chi connectivity index (χ4v) is 1.07. The fourth-order valence-electron chi connectivity index (χ4n) is 1.07. The second-order valence-corrected chi connectivity index (χ2v) is 3.44. The molecule has 0 saturated heterocycles. The van der Waals surface area contributed by atoms with Gasteiger partial charge in [0.25, 0.3) is 0 Å². The first-order valence-corrected chi connectivity index (χ1v) is 5.30. The molecule has 0 spiro atoms. The molecule has 15 heavy (non-hydrogen) atoms. The van der Waals surface area contributed by atoms with E-state index in [2.05, 4.69) is 20.3 Å². The molecule has 1 aromatic heterocycles. The van der Waals surface area contributed by atoms with Crippen molar-refractivity contribution in [2.45, 2.75) is 40.2 Å². The maximum atomic E-state index is 5.27. The molecule has 0 radical (unpaired) electrons. The summed E-state index contributed by atoms with van der Waals surface area (Å²) in [5, 5.41) is 3.14. The summed E-state index contributed by atoms with van der Waals surface area (Å²) >= 11 is 0. The Morgan fingerprint density at radius 2 is 1.93 bits per heavy atom. The SMILES string of the molecule is CCOc1nc(CC)nc(NC(C)C)n1. The summed E-state index contributed by atoms with van der Waals surface area (Å²) < 4.78 is 5.27. The van der Waals surface area contributed by atoms with Gasteiger partial charge in [-0.1, -0.05) is 6.92 Å². The Kier molecular flexibility index (Phi) is 4.27. The van der Waals surface area contributed by atoms with E-state index in [4.69, 9.17) is 4.74 Å². The van der Waals surface area contributed by atoms with Crippen LogP contribution in [-0.2, 0) is 6.42 Å². The summed E-state index contributed by atoms with van der Waals surface area (Å²) in [6.07, 6.45) is 0.773. The van der Waals surface area contributed by atoms with E-state index >= 15 is 0 Å². The molecule has 0 bridgehead atoms. The lowest BCUT2D eigenvalue weighted by Gasteiger charge is -2.10. The van der Waals surface area contributed by atoms with Gasteiger partial charge in [0.2, 0.25) is 5.95 Å². The predicted molar refractivity (Wildman–Crippen MR) is 59.1 cm³/mol. The summed E-state index contributed by atoms with van der Waals surface area (Å²) in [6, 6.07) is 0.694. The zero-order valence-corrected chi connectivity index (χ0v) is 9.74. The lowest BCUT2D eigenvalue weighted by atomic mass is 10.4. The lowest BCUT2D eigenvalue weighted by Crippen LogP contribution is -2.15. The minimum Gasteiger partial charge on any atom is -0.464 e. The first-order chi connectivity index (χ1) is 7.15. The smallest absolute Gasteiger partial charge is 0.321 e. The highest BCUT2D eigenvalue weighted by Gasteiger charge is 2.06. The first kappa shape index (κ1) is 11.7. The van der Waals surface area contributed by atoms with E-state index in [1.807, 2.05) is 27.7 Å². The number of rotatable bonds is 5. The topological polar surface area (TPSA) is 59.9 Å². The Balaban J connectivity index is 2.89. The summed E-state index contributed by atoms with van der Waals surface area (Å²) in [5.41, 5.74) is 0. The van der Waals surface area contributed by atoms with E-state index in [0.717, 1.165) is 12.2 Å². The number of aryl methyl sites for hydroxylation is 1. The molecule has 5 nitrogen and oxygen atoms in total. The van der Waals surface area contributed by atoms with Crippen LogP contribution in [0.15, 0.2) is 0 Å². The van der Waals surface area contributed by atoms with Crippen LogP contribution in [0.2, 0.25) is 0 Å². The summed E-state index contributed by atoms with van der Waals surface area (Å²) in [5.74, 6) is 1.33. The molecule has 0 atom stereocenters. The third-order valence-electron chi connectivity index (χ3n) is 1.67. The van der Waals surface area contributed by atoms with Gasteiger partial charge >= 0.3 is 6.01 Å². The molecule has 0 aliphatic carbocycles. The molecule has 0 aliphatic heterocycles. The van der Waals surface area contributed by atoms with Crippen molar-refractivity contribution in [3.05, 3.63) is 5.82 Å². The van der Waals surface area contributed by atoms with Crippen molar-refractivity contribution in [3.63, 3.8) is 0 Å². The van der Waals surface area contributed by atoms with Crippen LogP contribution in [0.3, 0.4) is 0 Å². The molecule has 1 N–H and O–H groups in total. The number of ether oxygens (including phenoxy) is 1. The monoisotopic (exact) mass is 210 g/mol. The Morgan fingerprint density at radius 1 is 1.20 bits per heavy atom. The van der Waals surface area contributed by atoms with E-state index in [9.17, 15) is 0 Å². The Bertz CT molecular complexity index is 314. The van der Waals surface area contributed by atoms with Crippen molar-refractivity contribution in [1.82, 2.24) is 15.0 Å². The average Bonchev–Trinajstić information content (AvgIpc) is 2.16. The van der Waals surface area contributed by atoms with Gasteiger partial charge in [0.05, 0.1) is 6.61 Å². The van der Waals surface area contributed by atoms with Crippen molar-refractivity contribution in [2.24, 2.45) is 0 Å². The zero-order chi connectivity index (χ0) is 11.3. The van der Waals surface area contributed by atoms with Gasteiger partial charge in [0, 0.05) is 12.5 Å². The number of hydrogen-bond acceptors (Lipinski definition) is 5. The second kappa shape index (κ2) is 5.48. The van der Waals surface area contributed by atoms with Gasteiger partial charge < -0.3 is 10.1 Å². The summed E-state index contributed by atoms with van der Waals surface area (Å²) in [4.78, 5) is 12.6. The Morgan fingerprint density at radius 3 is 2.47 bits per heavy atom. The molecule has 0 aliphatic rings. The van der Waals surface area contributed by atoms with Crippen molar-refractivity contribution in [1.29, 1.82) is 0 Å². The van der Waals surface area contributed by atoms with E-state index < -0.39 is 0 Å². The van der Waals surface area contributed by atoms with E-state index in [0.29, 0.717) is 24.6 Å². The van der Waals surface area contributed by atoms with E-state index in [1.54, 1.807) is 0 Å². The molecule has 1 heterocycles.